The Kier molecular flexibility index (Phi) is 5.73. The minimum Gasteiger partial charge on any atom is -0.374 e. The lowest BCUT2D eigenvalue weighted by molar-refractivity contribution is 0.0307. The second-order valence-corrected chi connectivity index (χ2v) is 7.36. The van der Waals surface area contributed by atoms with E-state index in [9.17, 15) is 0 Å². The monoisotopic (exact) mass is 351 g/mol. The standard InChI is InChI=1S/C18H26BrNO/c19-18-11-14(12-20-16-9-10-16)7-8-15(18)13-21-17-5-3-1-2-4-6-17/h7-8,11,16-17,20H,1-6,9-10,12-13H2. The second-order valence-electron chi connectivity index (χ2n) is 6.51. The minimum absolute atomic E-state index is 0.468. The number of ether oxygens (including phenoxy) is 1. The van der Waals surface area contributed by atoms with Crippen LogP contribution in [0.2, 0.25) is 0 Å². The molecule has 2 fully saturated rings. The first-order chi connectivity index (χ1) is 10.3. The highest BCUT2D eigenvalue weighted by molar-refractivity contribution is 9.10. The van der Waals surface area contributed by atoms with Gasteiger partial charge in [-0.05, 0) is 42.9 Å². The third kappa shape index (κ3) is 5.08. The number of hydrogen-bond donors (Lipinski definition) is 1. The van der Waals surface area contributed by atoms with Gasteiger partial charge >= 0.3 is 0 Å². The second kappa shape index (κ2) is 7.75. The molecule has 0 bridgehead atoms. The van der Waals surface area contributed by atoms with Crippen molar-refractivity contribution in [2.24, 2.45) is 0 Å². The van der Waals surface area contributed by atoms with Gasteiger partial charge in [-0.25, -0.2) is 0 Å². The van der Waals surface area contributed by atoms with Crippen LogP contribution < -0.4 is 5.32 Å². The molecule has 0 radical (unpaired) electrons. The largest absolute Gasteiger partial charge is 0.374 e. The van der Waals surface area contributed by atoms with Crippen LogP contribution in [-0.4, -0.2) is 12.1 Å². The molecule has 0 aliphatic heterocycles. The van der Waals surface area contributed by atoms with Crippen LogP contribution in [0.25, 0.3) is 0 Å². The van der Waals surface area contributed by atoms with Gasteiger partial charge < -0.3 is 10.1 Å². The molecule has 2 nitrogen and oxygen atoms in total. The van der Waals surface area contributed by atoms with Gasteiger partial charge in [-0.1, -0.05) is 53.7 Å². The fraction of sp³-hybridized carbons (Fsp3) is 0.667. The normalized spacial score (nSPS) is 20.4. The number of rotatable bonds is 6. The molecule has 0 atom stereocenters. The molecule has 0 spiro atoms. The van der Waals surface area contributed by atoms with E-state index in [4.69, 9.17) is 4.74 Å². The van der Waals surface area contributed by atoms with Gasteiger partial charge in [0.15, 0.2) is 0 Å². The number of benzene rings is 1. The van der Waals surface area contributed by atoms with Gasteiger partial charge in [-0.15, -0.1) is 0 Å². The Hall–Kier alpha value is -0.380. The fourth-order valence-corrected chi connectivity index (χ4v) is 3.52. The summed E-state index contributed by atoms with van der Waals surface area (Å²) >= 11 is 3.70. The van der Waals surface area contributed by atoms with Crippen LogP contribution in [0.15, 0.2) is 22.7 Å². The average Bonchev–Trinajstić information content (AvgIpc) is 3.31. The highest BCUT2D eigenvalue weighted by atomic mass is 79.9. The SMILES string of the molecule is Brc1cc(CNC2CC2)ccc1COC1CCCCCC1. The van der Waals surface area contributed by atoms with E-state index < -0.39 is 0 Å². The third-order valence-corrected chi connectivity index (χ3v) is 5.30. The van der Waals surface area contributed by atoms with Crippen molar-refractivity contribution in [2.45, 2.75) is 76.7 Å². The topological polar surface area (TPSA) is 21.3 Å². The highest BCUT2D eigenvalue weighted by Gasteiger charge is 2.20. The van der Waals surface area contributed by atoms with Crippen LogP contribution in [-0.2, 0) is 17.9 Å². The third-order valence-electron chi connectivity index (χ3n) is 4.57. The summed E-state index contributed by atoms with van der Waals surface area (Å²) in [5, 5.41) is 3.56. The van der Waals surface area contributed by atoms with E-state index in [1.165, 1.54) is 67.0 Å². The first-order valence-corrected chi connectivity index (χ1v) is 9.23. The van der Waals surface area contributed by atoms with Crippen LogP contribution in [0.5, 0.6) is 0 Å². The molecule has 2 saturated carbocycles. The Morgan fingerprint density at radius 2 is 1.81 bits per heavy atom. The number of nitrogens with one attached hydrogen (secondary N) is 1. The summed E-state index contributed by atoms with van der Waals surface area (Å²) < 4.78 is 7.32. The van der Waals surface area contributed by atoms with E-state index in [1.807, 2.05) is 0 Å². The number of hydrogen-bond acceptors (Lipinski definition) is 2. The first-order valence-electron chi connectivity index (χ1n) is 8.43. The van der Waals surface area contributed by atoms with Gasteiger partial charge in [-0.2, -0.15) is 0 Å². The number of halogens is 1. The van der Waals surface area contributed by atoms with E-state index >= 15 is 0 Å². The van der Waals surface area contributed by atoms with Crippen molar-refractivity contribution in [1.29, 1.82) is 0 Å². The van der Waals surface area contributed by atoms with E-state index in [2.05, 4.69) is 39.4 Å². The Morgan fingerprint density at radius 1 is 1.05 bits per heavy atom. The van der Waals surface area contributed by atoms with E-state index in [0.29, 0.717) is 6.10 Å². The maximum atomic E-state index is 6.13. The molecule has 21 heavy (non-hydrogen) atoms. The van der Waals surface area contributed by atoms with Crippen molar-refractivity contribution in [3.05, 3.63) is 33.8 Å². The van der Waals surface area contributed by atoms with E-state index in [0.717, 1.165) is 19.2 Å². The fourth-order valence-electron chi connectivity index (χ4n) is 2.98. The molecule has 1 aromatic rings. The predicted octanol–water partition coefficient (Wildman–Crippen LogP) is 4.94. The molecule has 0 aromatic heterocycles. The van der Waals surface area contributed by atoms with E-state index in [-0.39, 0.29) is 0 Å². The molecule has 1 N–H and O–H groups in total. The highest BCUT2D eigenvalue weighted by Crippen LogP contribution is 2.25. The molecule has 0 amide bonds. The predicted molar refractivity (Wildman–Crippen MR) is 90.3 cm³/mol. The molecule has 0 unspecified atom stereocenters. The maximum Gasteiger partial charge on any atom is 0.0731 e. The zero-order valence-electron chi connectivity index (χ0n) is 12.7. The molecule has 3 heteroatoms. The van der Waals surface area contributed by atoms with E-state index in [1.54, 1.807) is 0 Å². The molecule has 0 saturated heterocycles. The lowest BCUT2D eigenvalue weighted by Gasteiger charge is -2.16. The van der Waals surface area contributed by atoms with Crippen LogP contribution in [0.4, 0.5) is 0 Å². The quantitative estimate of drug-likeness (QED) is 0.732. The minimum atomic E-state index is 0.468. The van der Waals surface area contributed by atoms with Crippen molar-refractivity contribution < 1.29 is 4.74 Å². The maximum absolute atomic E-state index is 6.13. The summed E-state index contributed by atoms with van der Waals surface area (Å²) in [7, 11) is 0. The van der Waals surface area contributed by atoms with Crippen molar-refractivity contribution in [1.82, 2.24) is 5.32 Å². The summed E-state index contributed by atoms with van der Waals surface area (Å²) in [5.41, 5.74) is 2.63. The van der Waals surface area contributed by atoms with Gasteiger partial charge in [0, 0.05) is 17.1 Å². The first kappa shape index (κ1) is 15.5. The van der Waals surface area contributed by atoms with Gasteiger partial charge in [0.25, 0.3) is 0 Å². The summed E-state index contributed by atoms with van der Waals surface area (Å²) in [6.07, 6.45) is 11.1. The molecule has 3 rings (SSSR count). The summed E-state index contributed by atoms with van der Waals surface area (Å²) in [5.74, 6) is 0. The van der Waals surface area contributed by atoms with Crippen LogP contribution in [0.1, 0.15) is 62.5 Å². The van der Waals surface area contributed by atoms with Crippen molar-refractivity contribution in [3.8, 4) is 0 Å². The van der Waals surface area contributed by atoms with Crippen molar-refractivity contribution in [3.63, 3.8) is 0 Å². The smallest absolute Gasteiger partial charge is 0.0731 e. The lowest BCUT2D eigenvalue weighted by Crippen LogP contribution is -2.15. The van der Waals surface area contributed by atoms with Crippen LogP contribution in [0.3, 0.4) is 0 Å². The van der Waals surface area contributed by atoms with Crippen molar-refractivity contribution >= 4 is 15.9 Å². The van der Waals surface area contributed by atoms with Crippen molar-refractivity contribution in [2.75, 3.05) is 0 Å². The lowest BCUT2D eigenvalue weighted by atomic mass is 10.1. The molecule has 2 aliphatic carbocycles. The van der Waals surface area contributed by atoms with Gasteiger partial charge in [0.2, 0.25) is 0 Å². The Morgan fingerprint density at radius 3 is 2.48 bits per heavy atom. The summed E-state index contributed by atoms with van der Waals surface area (Å²) in [6, 6.07) is 7.44. The Bertz CT molecular complexity index is 451. The zero-order chi connectivity index (χ0) is 14.5. The average molecular weight is 352 g/mol. The Labute approximate surface area is 136 Å². The summed E-state index contributed by atoms with van der Waals surface area (Å²) in [6.45, 7) is 1.72. The van der Waals surface area contributed by atoms with Gasteiger partial charge in [0.05, 0.1) is 12.7 Å². The summed E-state index contributed by atoms with van der Waals surface area (Å²) in [4.78, 5) is 0. The van der Waals surface area contributed by atoms with Gasteiger partial charge in [0.1, 0.15) is 0 Å². The molecular formula is C18H26BrNO. The molecule has 0 heterocycles. The van der Waals surface area contributed by atoms with Gasteiger partial charge in [-0.3, -0.25) is 0 Å². The Balaban J connectivity index is 1.49. The van der Waals surface area contributed by atoms with Crippen LogP contribution in [0, 0.1) is 0 Å². The molecule has 1 aromatic carbocycles. The molecule has 116 valence electrons. The molecular weight excluding hydrogens is 326 g/mol. The zero-order valence-corrected chi connectivity index (χ0v) is 14.3. The van der Waals surface area contributed by atoms with Crippen LogP contribution >= 0.6 is 15.9 Å². The molecule has 2 aliphatic rings.